The molecule has 22 heavy (non-hydrogen) atoms. The zero-order chi connectivity index (χ0) is 15.5. The molecule has 0 spiro atoms. The van der Waals surface area contributed by atoms with Gasteiger partial charge in [-0.3, -0.25) is 9.89 Å². The highest BCUT2D eigenvalue weighted by Gasteiger charge is 2.25. The molecule has 1 amide bonds. The van der Waals surface area contributed by atoms with Crippen LogP contribution in [0.3, 0.4) is 0 Å². The molecule has 0 unspecified atom stereocenters. The van der Waals surface area contributed by atoms with Crippen molar-refractivity contribution in [2.75, 3.05) is 19.7 Å². The first-order valence-corrected chi connectivity index (χ1v) is 7.90. The number of fused-ring (bicyclic) bond motifs is 1. The van der Waals surface area contributed by atoms with Crippen LogP contribution in [0.1, 0.15) is 42.2 Å². The summed E-state index contributed by atoms with van der Waals surface area (Å²) in [5.74, 6) is 0.0276. The fourth-order valence-electron chi connectivity index (χ4n) is 2.86. The number of H-pyrrole nitrogens is 1. The molecule has 2 aromatic rings. The van der Waals surface area contributed by atoms with E-state index in [0.717, 1.165) is 43.5 Å². The Kier molecular flexibility index (Phi) is 4.38. The third-order valence-corrected chi connectivity index (χ3v) is 4.07. The van der Waals surface area contributed by atoms with Crippen LogP contribution in [0.15, 0.2) is 12.3 Å². The molecule has 0 aliphatic carbocycles. The molecule has 1 N–H and O–H groups in total. The summed E-state index contributed by atoms with van der Waals surface area (Å²) in [5.41, 5.74) is 2.20. The predicted octanol–water partition coefficient (Wildman–Crippen LogP) is 2.30. The number of nitrogens with zero attached hydrogens (tertiary/aromatic N) is 3. The average Bonchev–Trinajstić information content (AvgIpc) is 2.93. The summed E-state index contributed by atoms with van der Waals surface area (Å²) in [4.78, 5) is 18.8. The van der Waals surface area contributed by atoms with Crippen molar-refractivity contribution in [1.82, 2.24) is 20.1 Å². The van der Waals surface area contributed by atoms with Crippen molar-refractivity contribution in [3.05, 3.63) is 23.5 Å². The molecule has 0 bridgehead atoms. The Labute approximate surface area is 129 Å². The first-order valence-electron chi connectivity index (χ1n) is 7.90. The van der Waals surface area contributed by atoms with E-state index in [4.69, 9.17) is 4.74 Å². The number of carbonyl (C=O) groups is 1. The summed E-state index contributed by atoms with van der Waals surface area (Å²) in [6, 6.07) is 1.88. The van der Waals surface area contributed by atoms with Crippen molar-refractivity contribution in [3.63, 3.8) is 0 Å². The van der Waals surface area contributed by atoms with Crippen LogP contribution in [0, 0.1) is 6.92 Å². The highest BCUT2D eigenvalue weighted by Crippen LogP contribution is 2.19. The second kappa shape index (κ2) is 6.44. The van der Waals surface area contributed by atoms with Crippen molar-refractivity contribution in [3.8, 4) is 0 Å². The second-order valence-electron chi connectivity index (χ2n) is 5.83. The first kappa shape index (κ1) is 15.0. The molecule has 6 nitrogen and oxygen atoms in total. The number of aromatic nitrogens is 3. The van der Waals surface area contributed by atoms with E-state index in [-0.39, 0.29) is 12.0 Å². The van der Waals surface area contributed by atoms with Crippen molar-refractivity contribution in [2.24, 2.45) is 0 Å². The monoisotopic (exact) mass is 302 g/mol. The summed E-state index contributed by atoms with van der Waals surface area (Å²) in [6.07, 6.45) is 4.79. The Hall–Kier alpha value is -1.95. The van der Waals surface area contributed by atoms with Gasteiger partial charge in [0.05, 0.1) is 11.7 Å². The van der Waals surface area contributed by atoms with Crippen LogP contribution < -0.4 is 0 Å². The maximum Gasteiger partial charge on any atom is 0.255 e. The van der Waals surface area contributed by atoms with Gasteiger partial charge in [0.1, 0.15) is 0 Å². The number of ether oxygens (including phenoxy) is 1. The molecule has 2 aromatic heterocycles. The molecular formula is C16H22N4O2. The number of piperidine rings is 1. The normalized spacial score (nSPS) is 18.8. The average molecular weight is 302 g/mol. The van der Waals surface area contributed by atoms with Crippen LogP contribution in [-0.4, -0.2) is 51.8 Å². The van der Waals surface area contributed by atoms with E-state index in [1.54, 1.807) is 6.20 Å². The van der Waals surface area contributed by atoms with Crippen LogP contribution >= 0.6 is 0 Å². The summed E-state index contributed by atoms with van der Waals surface area (Å²) in [6.45, 7) is 6.24. The van der Waals surface area contributed by atoms with Gasteiger partial charge < -0.3 is 9.64 Å². The van der Waals surface area contributed by atoms with Gasteiger partial charge >= 0.3 is 0 Å². The van der Waals surface area contributed by atoms with Crippen molar-refractivity contribution in [2.45, 2.75) is 39.2 Å². The Morgan fingerprint density at radius 3 is 3.23 bits per heavy atom. The lowest BCUT2D eigenvalue weighted by Gasteiger charge is -2.32. The Morgan fingerprint density at radius 1 is 1.55 bits per heavy atom. The van der Waals surface area contributed by atoms with Gasteiger partial charge in [-0.25, -0.2) is 4.98 Å². The highest BCUT2D eigenvalue weighted by atomic mass is 16.5. The fraction of sp³-hybridized carbons (Fsp3) is 0.562. The molecule has 1 saturated heterocycles. The highest BCUT2D eigenvalue weighted by molar-refractivity contribution is 5.97. The van der Waals surface area contributed by atoms with Crippen LogP contribution in [0.2, 0.25) is 0 Å². The number of aromatic amines is 1. The van der Waals surface area contributed by atoms with E-state index in [9.17, 15) is 4.79 Å². The number of amides is 1. The number of rotatable bonds is 4. The Morgan fingerprint density at radius 2 is 2.41 bits per heavy atom. The number of hydrogen-bond acceptors (Lipinski definition) is 4. The molecule has 3 heterocycles. The smallest absolute Gasteiger partial charge is 0.255 e. The molecule has 6 heteroatoms. The van der Waals surface area contributed by atoms with Gasteiger partial charge in [-0.2, -0.15) is 5.10 Å². The van der Waals surface area contributed by atoms with E-state index < -0.39 is 0 Å². The Balaban J connectivity index is 1.75. The molecule has 1 aliphatic rings. The molecule has 0 radical (unpaired) electrons. The quantitative estimate of drug-likeness (QED) is 0.940. The summed E-state index contributed by atoms with van der Waals surface area (Å²) < 4.78 is 5.80. The lowest BCUT2D eigenvalue weighted by molar-refractivity contribution is 0.00210. The molecule has 1 atom stereocenters. The van der Waals surface area contributed by atoms with Gasteiger partial charge in [0, 0.05) is 37.0 Å². The van der Waals surface area contributed by atoms with Crippen LogP contribution in [0.5, 0.6) is 0 Å². The first-order chi connectivity index (χ1) is 10.7. The molecule has 1 fully saturated rings. The zero-order valence-corrected chi connectivity index (χ0v) is 13.1. The molecule has 0 saturated carbocycles. The van der Waals surface area contributed by atoms with E-state index in [0.29, 0.717) is 17.8 Å². The minimum Gasteiger partial charge on any atom is -0.376 e. The Bertz CT molecular complexity index is 667. The van der Waals surface area contributed by atoms with Crippen LogP contribution in [-0.2, 0) is 4.74 Å². The van der Waals surface area contributed by atoms with Crippen molar-refractivity contribution in [1.29, 1.82) is 0 Å². The number of aryl methyl sites for hydroxylation is 1. The second-order valence-corrected chi connectivity index (χ2v) is 5.83. The lowest BCUT2D eigenvalue weighted by Crippen LogP contribution is -2.43. The number of hydrogen-bond donors (Lipinski definition) is 1. The molecule has 1 aliphatic heterocycles. The van der Waals surface area contributed by atoms with E-state index in [1.165, 1.54) is 0 Å². The number of carbonyl (C=O) groups excluding carboxylic acids is 1. The van der Waals surface area contributed by atoms with Crippen LogP contribution in [0.4, 0.5) is 0 Å². The standard InChI is InChI=1S/C16H22N4O2/c1-3-7-22-13-5-4-6-20(10-13)16(21)12-8-14-11(2)18-19-15(14)17-9-12/h8-9,13H,3-7,10H2,1-2H3,(H,17,18,19)/t13-/m1/s1. The topological polar surface area (TPSA) is 71.1 Å². The minimum absolute atomic E-state index is 0.0276. The number of nitrogens with one attached hydrogen (secondary N) is 1. The van der Waals surface area contributed by atoms with E-state index >= 15 is 0 Å². The molecule has 3 rings (SSSR count). The van der Waals surface area contributed by atoms with E-state index in [2.05, 4.69) is 22.1 Å². The van der Waals surface area contributed by atoms with Gasteiger partial charge in [0.15, 0.2) is 5.65 Å². The minimum atomic E-state index is 0.0276. The van der Waals surface area contributed by atoms with Crippen LogP contribution in [0.25, 0.3) is 11.0 Å². The molecular weight excluding hydrogens is 280 g/mol. The van der Waals surface area contributed by atoms with Gasteiger partial charge in [-0.05, 0) is 32.3 Å². The van der Waals surface area contributed by atoms with Gasteiger partial charge in [0.2, 0.25) is 0 Å². The maximum absolute atomic E-state index is 12.7. The number of pyridine rings is 1. The summed E-state index contributed by atoms with van der Waals surface area (Å²) in [7, 11) is 0. The summed E-state index contributed by atoms with van der Waals surface area (Å²) in [5, 5.41) is 7.90. The SMILES string of the molecule is CCCO[C@@H]1CCCN(C(=O)c2cnc3n[nH]c(C)c3c2)C1. The van der Waals surface area contributed by atoms with Gasteiger partial charge in [-0.1, -0.05) is 6.92 Å². The van der Waals surface area contributed by atoms with Gasteiger partial charge in [0.25, 0.3) is 5.91 Å². The lowest BCUT2D eigenvalue weighted by atomic mass is 10.1. The molecule has 118 valence electrons. The molecule has 0 aromatic carbocycles. The fourth-order valence-corrected chi connectivity index (χ4v) is 2.86. The maximum atomic E-state index is 12.7. The van der Waals surface area contributed by atoms with Gasteiger partial charge in [-0.15, -0.1) is 0 Å². The predicted molar refractivity (Wildman–Crippen MR) is 83.8 cm³/mol. The van der Waals surface area contributed by atoms with Crippen molar-refractivity contribution < 1.29 is 9.53 Å². The summed E-state index contributed by atoms with van der Waals surface area (Å²) >= 11 is 0. The van der Waals surface area contributed by atoms with Crippen molar-refractivity contribution >= 4 is 16.9 Å². The zero-order valence-electron chi connectivity index (χ0n) is 13.1. The third-order valence-electron chi connectivity index (χ3n) is 4.07. The third kappa shape index (κ3) is 2.97. The largest absolute Gasteiger partial charge is 0.376 e. The van der Waals surface area contributed by atoms with E-state index in [1.807, 2.05) is 17.9 Å². The number of likely N-dealkylation sites (tertiary alicyclic amines) is 1.